The van der Waals surface area contributed by atoms with Gasteiger partial charge in [0.25, 0.3) is 5.91 Å². The molecule has 1 heterocycles. The van der Waals surface area contributed by atoms with E-state index in [-0.39, 0.29) is 15.5 Å². The predicted octanol–water partition coefficient (Wildman–Crippen LogP) is 5.12. The van der Waals surface area contributed by atoms with Crippen LogP contribution in [0.5, 0.6) is 0 Å². The third-order valence-corrected chi connectivity index (χ3v) is 7.63. The average molecular weight is 472 g/mol. The third-order valence-electron chi connectivity index (χ3n) is 4.73. The normalized spacial score (nSPS) is 11.7. The molecule has 0 aliphatic heterocycles. The minimum Gasteiger partial charge on any atom is -0.298 e. The topological polar surface area (TPSA) is 79.4 Å². The Labute approximate surface area is 189 Å². The number of nitrogens with zero attached hydrogens (tertiary/aromatic N) is 2. The zero-order valence-electron chi connectivity index (χ0n) is 16.7. The van der Waals surface area contributed by atoms with E-state index >= 15 is 0 Å². The van der Waals surface area contributed by atoms with E-state index < -0.39 is 15.9 Å². The van der Waals surface area contributed by atoms with Crippen molar-refractivity contribution in [2.24, 2.45) is 0 Å². The summed E-state index contributed by atoms with van der Waals surface area (Å²) in [7, 11) is -0.842. The molecule has 0 atom stereocenters. The number of aromatic nitrogens is 1. The number of benzene rings is 3. The van der Waals surface area contributed by atoms with Crippen LogP contribution in [0.25, 0.3) is 22.0 Å². The van der Waals surface area contributed by atoms with Crippen molar-refractivity contribution in [1.29, 1.82) is 0 Å². The van der Waals surface area contributed by atoms with E-state index in [9.17, 15) is 13.2 Å². The van der Waals surface area contributed by atoms with Crippen LogP contribution in [-0.2, 0) is 10.0 Å². The number of nitrogens with one attached hydrogen (secondary N) is 1. The molecular weight excluding hydrogens is 454 g/mol. The second-order valence-electron chi connectivity index (χ2n) is 6.98. The largest absolute Gasteiger partial charge is 0.298 e. The highest BCUT2D eigenvalue weighted by Gasteiger charge is 2.21. The van der Waals surface area contributed by atoms with Crippen molar-refractivity contribution in [3.63, 3.8) is 0 Å². The van der Waals surface area contributed by atoms with Crippen molar-refractivity contribution in [3.8, 4) is 11.3 Å². The summed E-state index contributed by atoms with van der Waals surface area (Å²) in [6, 6.07) is 18.1. The summed E-state index contributed by atoms with van der Waals surface area (Å²) in [6.07, 6.45) is 0. The fraction of sp³-hybridized carbons (Fsp3) is 0.0909. The Morgan fingerprint density at radius 3 is 2.52 bits per heavy atom. The molecule has 0 bridgehead atoms. The van der Waals surface area contributed by atoms with Gasteiger partial charge in [0.15, 0.2) is 5.13 Å². The van der Waals surface area contributed by atoms with Gasteiger partial charge in [-0.3, -0.25) is 10.1 Å². The maximum atomic E-state index is 12.8. The lowest BCUT2D eigenvalue weighted by Crippen LogP contribution is -2.23. The summed E-state index contributed by atoms with van der Waals surface area (Å²) in [5.41, 5.74) is 1.74. The molecule has 9 heteroatoms. The Kier molecular flexibility index (Phi) is 5.81. The van der Waals surface area contributed by atoms with Crippen LogP contribution in [0.1, 0.15) is 10.4 Å². The van der Waals surface area contributed by atoms with Crippen LogP contribution in [-0.4, -0.2) is 37.7 Å². The van der Waals surface area contributed by atoms with Crippen molar-refractivity contribution in [1.82, 2.24) is 9.29 Å². The molecular formula is C22H18ClN3O3S2. The Bertz CT molecular complexity index is 1400. The van der Waals surface area contributed by atoms with Crippen LogP contribution in [0, 0.1) is 0 Å². The van der Waals surface area contributed by atoms with Gasteiger partial charge in [-0.1, -0.05) is 48.0 Å². The van der Waals surface area contributed by atoms with E-state index in [1.54, 1.807) is 0 Å². The molecule has 4 rings (SSSR count). The van der Waals surface area contributed by atoms with Crippen LogP contribution in [0.15, 0.2) is 70.9 Å². The predicted molar refractivity (Wildman–Crippen MR) is 125 cm³/mol. The summed E-state index contributed by atoms with van der Waals surface area (Å²) < 4.78 is 25.8. The lowest BCUT2D eigenvalue weighted by atomic mass is 10.1. The number of hydrogen-bond acceptors (Lipinski definition) is 5. The number of rotatable bonds is 5. The summed E-state index contributed by atoms with van der Waals surface area (Å²) in [6.45, 7) is 0. The van der Waals surface area contributed by atoms with E-state index in [1.165, 1.54) is 43.6 Å². The van der Waals surface area contributed by atoms with E-state index in [2.05, 4.69) is 10.3 Å². The van der Waals surface area contributed by atoms with Gasteiger partial charge in [0.2, 0.25) is 10.0 Å². The first-order chi connectivity index (χ1) is 14.8. The fourth-order valence-electron chi connectivity index (χ4n) is 3.03. The number of amides is 1. The van der Waals surface area contributed by atoms with Crippen LogP contribution in [0.2, 0.25) is 5.02 Å². The summed E-state index contributed by atoms with van der Waals surface area (Å²) in [4.78, 5) is 17.3. The van der Waals surface area contributed by atoms with Gasteiger partial charge in [-0.25, -0.2) is 17.7 Å². The quantitative estimate of drug-likeness (QED) is 0.438. The van der Waals surface area contributed by atoms with Gasteiger partial charge in [-0.2, -0.15) is 0 Å². The van der Waals surface area contributed by atoms with Gasteiger partial charge in [0, 0.05) is 25.0 Å². The van der Waals surface area contributed by atoms with Crippen molar-refractivity contribution in [2.45, 2.75) is 4.90 Å². The lowest BCUT2D eigenvalue weighted by Gasteiger charge is -2.13. The molecule has 1 aromatic heterocycles. The highest BCUT2D eigenvalue weighted by Crippen LogP contribution is 2.29. The molecule has 0 radical (unpaired) electrons. The molecule has 0 spiro atoms. The lowest BCUT2D eigenvalue weighted by molar-refractivity contribution is 0.102. The molecule has 0 unspecified atom stereocenters. The van der Waals surface area contributed by atoms with Crippen LogP contribution < -0.4 is 5.32 Å². The fourth-order valence-corrected chi connectivity index (χ4v) is 4.87. The molecule has 1 amide bonds. The van der Waals surface area contributed by atoms with Gasteiger partial charge in [0.1, 0.15) is 0 Å². The summed E-state index contributed by atoms with van der Waals surface area (Å²) >= 11 is 7.44. The van der Waals surface area contributed by atoms with E-state index in [1.807, 2.05) is 47.8 Å². The van der Waals surface area contributed by atoms with E-state index in [4.69, 9.17) is 11.6 Å². The van der Waals surface area contributed by atoms with Gasteiger partial charge in [-0.05, 0) is 35.0 Å². The van der Waals surface area contributed by atoms with Crippen molar-refractivity contribution >= 4 is 54.8 Å². The van der Waals surface area contributed by atoms with Crippen molar-refractivity contribution in [2.75, 3.05) is 19.4 Å². The molecule has 4 aromatic rings. The Morgan fingerprint density at radius 1 is 1.03 bits per heavy atom. The zero-order chi connectivity index (χ0) is 22.2. The minimum atomic E-state index is -3.69. The van der Waals surface area contributed by atoms with Crippen molar-refractivity contribution in [3.05, 3.63) is 76.6 Å². The smallest absolute Gasteiger partial charge is 0.259 e. The molecule has 0 saturated heterocycles. The number of hydrogen-bond donors (Lipinski definition) is 1. The molecule has 0 saturated carbocycles. The van der Waals surface area contributed by atoms with Crippen molar-refractivity contribution < 1.29 is 13.2 Å². The number of halogens is 1. The molecule has 1 N–H and O–H groups in total. The summed E-state index contributed by atoms with van der Waals surface area (Å²) in [5.74, 6) is -0.528. The number of sulfonamides is 1. The number of carbonyl (C=O) groups is 1. The first-order valence-corrected chi connectivity index (χ1v) is 11.9. The standard InChI is InChI=1S/C22H18ClN3O3S2/c1-26(2)31(28,29)17-9-10-19(23)18(12-17)21(27)25-22-24-20(13-30-22)16-8-7-14-5-3-4-6-15(14)11-16/h3-13H,1-2H3,(H,24,25,27). The molecule has 31 heavy (non-hydrogen) atoms. The number of carbonyl (C=O) groups excluding carboxylic acids is 1. The highest BCUT2D eigenvalue weighted by molar-refractivity contribution is 7.89. The van der Waals surface area contributed by atoms with E-state index in [0.29, 0.717) is 5.13 Å². The Hall–Kier alpha value is -2.78. The minimum absolute atomic E-state index is 0.0111. The summed E-state index contributed by atoms with van der Waals surface area (Å²) in [5, 5.41) is 7.35. The van der Waals surface area contributed by atoms with Gasteiger partial charge in [-0.15, -0.1) is 11.3 Å². The first-order valence-electron chi connectivity index (χ1n) is 9.24. The molecule has 6 nitrogen and oxygen atoms in total. The van der Waals surface area contributed by atoms with Crippen LogP contribution in [0.3, 0.4) is 0 Å². The zero-order valence-corrected chi connectivity index (χ0v) is 19.1. The number of fused-ring (bicyclic) bond motifs is 1. The maximum absolute atomic E-state index is 12.8. The monoisotopic (exact) mass is 471 g/mol. The Morgan fingerprint density at radius 2 is 1.77 bits per heavy atom. The SMILES string of the molecule is CN(C)S(=O)(=O)c1ccc(Cl)c(C(=O)Nc2nc(-c3ccc4ccccc4c3)cs2)c1. The molecule has 0 aliphatic carbocycles. The van der Waals surface area contributed by atoms with Gasteiger partial charge in [0.05, 0.1) is 21.2 Å². The second kappa shape index (κ2) is 8.39. The van der Waals surface area contributed by atoms with Crippen LogP contribution in [0.4, 0.5) is 5.13 Å². The van der Waals surface area contributed by atoms with Gasteiger partial charge < -0.3 is 0 Å². The second-order valence-corrected chi connectivity index (χ2v) is 10.4. The van der Waals surface area contributed by atoms with E-state index in [0.717, 1.165) is 26.3 Å². The van der Waals surface area contributed by atoms with Crippen LogP contribution >= 0.6 is 22.9 Å². The Balaban J connectivity index is 1.59. The number of anilines is 1. The highest BCUT2D eigenvalue weighted by atomic mass is 35.5. The first kappa shape index (κ1) is 21.5. The third kappa shape index (κ3) is 4.33. The molecule has 0 aliphatic rings. The molecule has 0 fully saturated rings. The maximum Gasteiger partial charge on any atom is 0.259 e. The van der Waals surface area contributed by atoms with Gasteiger partial charge >= 0.3 is 0 Å². The number of thiazole rings is 1. The molecule has 158 valence electrons. The average Bonchev–Trinajstić information content (AvgIpc) is 3.21. The molecule has 3 aromatic carbocycles.